The Morgan fingerprint density at radius 2 is 2.18 bits per heavy atom. The molecule has 0 fully saturated rings. The van der Waals surface area contributed by atoms with Gasteiger partial charge < -0.3 is 15.9 Å². The predicted molar refractivity (Wildman–Crippen MR) is 37.3 cm³/mol. The number of aromatic nitrogens is 1. The van der Waals surface area contributed by atoms with Crippen molar-refractivity contribution in [2.24, 2.45) is 0 Å². The van der Waals surface area contributed by atoms with Gasteiger partial charge in [-0.3, -0.25) is 4.98 Å². The zero-order valence-electron chi connectivity index (χ0n) is 5.48. The van der Waals surface area contributed by atoms with Gasteiger partial charge in [0, 0.05) is 6.20 Å². The number of nitrogen functional groups attached to an aromatic ring is 1. The fraction of sp³-hybridized carbons (Fsp3) is 0. The van der Waals surface area contributed by atoms with Crippen LogP contribution in [0.4, 0.5) is 5.69 Å². The molecule has 58 valence electrons. The SMILES string of the molecule is Nc1c(O)cncc1C(=O)O. The standard InChI is InChI=1S/C6H6N2O3/c7-5-3(6(10)11)1-8-2-4(5)9/h1-2,9H,(H2,7,8)(H,10,11). The fourth-order valence-corrected chi connectivity index (χ4v) is 0.630. The van der Waals surface area contributed by atoms with Gasteiger partial charge in [-0.15, -0.1) is 0 Å². The summed E-state index contributed by atoms with van der Waals surface area (Å²) in [5.74, 6) is -1.52. The molecular weight excluding hydrogens is 148 g/mol. The van der Waals surface area contributed by atoms with Gasteiger partial charge in [-0.05, 0) is 0 Å². The number of nitrogens with two attached hydrogens (primary N) is 1. The van der Waals surface area contributed by atoms with Gasteiger partial charge in [0.15, 0.2) is 5.75 Å². The smallest absolute Gasteiger partial charge is 0.339 e. The molecule has 0 bridgehead atoms. The van der Waals surface area contributed by atoms with Crippen LogP contribution in [0.1, 0.15) is 10.4 Å². The van der Waals surface area contributed by atoms with E-state index in [0.29, 0.717) is 0 Å². The van der Waals surface area contributed by atoms with Crippen molar-refractivity contribution in [2.45, 2.75) is 0 Å². The summed E-state index contributed by atoms with van der Waals surface area (Å²) in [6, 6.07) is 0. The van der Waals surface area contributed by atoms with E-state index in [2.05, 4.69) is 4.98 Å². The van der Waals surface area contributed by atoms with Crippen LogP contribution in [0.2, 0.25) is 0 Å². The third kappa shape index (κ3) is 1.21. The first kappa shape index (κ1) is 7.33. The lowest BCUT2D eigenvalue weighted by Crippen LogP contribution is -2.02. The molecule has 5 heteroatoms. The summed E-state index contributed by atoms with van der Waals surface area (Å²) < 4.78 is 0. The summed E-state index contributed by atoms with van der Waals surface area (Å²) >= 11 is 0. The number of anilines is 1. The molecule has 0 aromatic carbocycles. The van der Waals surface area contributed by atoms with E-state index >= 15 is 0 Å². The van der Waals surface area contributed by atoms with E-state index in [-0.39, 0.29) is 17.0 Å². The van der Waals surface area contributed by atoms with Crippen LogP contribution >= 0.6 is 0 Å². The van der Waals surface area contributed by atoms with Crippen LogP contribution in [-0.2, 0) is 0 Å². The number of pyridine rings is 1. The van der Waals surface area contributed by atoms with Gasteiger partial charge in [0.05, 0.1) is 11.9 Å². The zero-order valence-corrected chi connectivity index (χ0v) is 5.48. The van der Waals surface area contributed by atoms with Crippen molar-refractivity contribution in [1.29, 1.82) is 0 Å². The first-order valence-corrected chi connectivity index (χ1v) is 2.78. The summed E-state index contributed by atoms with van der Waals surface area (Å²) in [6.07, 6.45) is 2.17. The summed E-state index contributed by atoms with van der Waals surface area (Å²) in [5, 5.41) is 17.4. The molecule has 0 aliphatic rings. The van der Waals surface area contributed by atoms with E-state index in [9.17, 15) is 4.79 Å². The Kier molecular flexibility index (Phi) is 1.63. The number of carboxylic acid groups (broad SMARTS) is 1. The molecule has 4 N–H and O–H groups in total. The molecule has 1 rings (SSSR count). The molecule has 0 amide bonds. The van der Waals surface area contributed by atoms with Gasteiger partial charge in [-0.1, -0.05) is 0 Å². The van der Waals surface area contributed by atoms with E-state index in [4.69, 9.17) is 15.9 Å². The summed E-state index contributed by atoms with van der Waals surface area (Å²) in [7, 11) is 0. The quantitative estimate of drug-likeness (QED) is 0.531. The normalized spacial score (nSPS) is 9.45. The third-order valence-corrected chi connectivity index (χ3v) is 1.20. The average molecular weight is 154 g/mol. The van der Waals surface area contributed by atoms with Crippen LogP contribution in [0.3, 0.4) is 0 Å². The monoisotopic (exact) mass is 154 g/mol. The van der Waals surface area contributed by atoms with E-state index in [1.54, 1.807) is 0 Å². The van der Waals surface area contributed by atoms with Crippen molar-refractivity contribution in [3.8, 4) is 5.75 Å². The maximum absolute atomic E-state index is 10.3. The molecule has 0 saturated heterocycles. The number of carbonyl (C=O) groups is 1. The number of rotatable bonds is 1. The average Bonchev–Trinajstić information content (AvgIpc) is 1.94. The molecular formula is C6H6N2O3. The van der Waals surface area contributed by atoms with Gasteiger partial charge in [0.25, 0.3) is 0 Å². The lowest BCUT2D eigenvalue weighted by molar-refractivity contribution is 0.0697. The minimum atomic E-state index is -1.20. The number of hydrogen-bond acceptors (Lipinski definition) is 4. The van der Waals surface area contributed by atoms with Crippen LogP contribution in [0.5, 0.6) is 5.75 Å². The van der Waals surface area contributed by atoms with Gasteiger partial charge in [0.1, 0.15) is 5.56 Å². The van der Waals surface area contributed by atoms with Crippen molar-refractivity contribution in [1.82, 2.24) is 4.98 Å². The van der Waals surface area contributed by atoms with E-state index in [1.165, 1.54) is 0 Å². The molecule has 0 aliphatic carbocycles. The minimum Gasteiger partial charge on any atom is -0.504 e. The first-order valence-electron chi connectivity index (χ1n) is 2.78. The molecule has 11 heavy (non-hydrogen) atoms. The van der Waals surface area contributed by atoms with Crippen LogP contribution in [0, 0.1) is 0 Å². The fourth-order valence-electron chi connectivity index (χ4n) is 0.630. The predicted octanol–water partition coefficient (Wildman–Crippen LogP) is 0.0676. The highest BCUT2D eigenvalue weighted by Gasteiger charge is 2.10. The van der Waals surface area contributed by atoms with Crippen LogP contribution in [-0.4, -0.2) is 21.2 Å². The largest absolute Gasteiger partial charge is 0.504 e. The molecule has 0 atom stereocenters. The van der Waals surface area contributed by atoms with Crippen molar-refractivity contribution >= 4 is 11.7 Å². The van der Waals surface area contributed by atoms with Crippen molar-refractivity contribution in [3.05, 3.63) is 18.0 Å². The van der Waals surface area contributed by atoms with Crippen molar-refractivity contribution in [2.75, 3.05) is 5.73 Å². The highest BCUT2D eigenvalue weighted by atomic mass is 16.4. The molecule has 0 aliphatic heterocycles. The first-order chi connectivity index (χ1) is 5.13. The summed E-state index contributed by atoms with van der Waals surface area (Å²) in [4.78, 5) is 13.8. The van der Waals surface area contributed by atoms with Crippen LogP contribution in [0.15, 0.2) is 12.4 Å². The number of nitrogens with zero attached hydrogens (tertiary/aromatic N) is 1. The number of aromatic hydroxyl groups is 1. The van der Waals surface area contributed by atoms with Crippen molar-refractivity contribution in [3.63, 3.8) is 0 Å². The zero-order chi connectivity index (χ0) is 8.43. The second-order valence-corrected chi connectivity index (χ2v) is 1.93. The second-order valence-electron chi connectivity index (χ2n) is 1.93. The number of hydrogen-bond donors (Lipinski definition) is 3. The molecule has 0 spiro atoms. The Morgan fingerprint density at radius 1 is 1.55 bits per heavy atom. The van der Waals surface area contributed by atoms with Gasteiger partial charge in [0.2, 0.25) is 0 Å². The Bertz CT molecular complexity index is 298. The summed E-state index contributed by atoms with van der Waals surface area (Å²) in [5.41, 5.74) is 4.86. The molecule has 0 radical (unpaired) electrons. The Morgan fingerprint density at radius 3 is 2.64 bits per heavy atom. The Balaban J connectivity index is 3.27. The Hall–Kier alpha value is -1.78. The Labute approximate surface area is 62.1 Å². The summed E-state index contributed by atoms with van der Waals surface area (Å²) in [6.45, 7) is 0. The van der Waals surface area contributed by atoms with Gasteiger partial charge in [-0.25, -0.2) is 4.79 Å². The van der Waals surface area contributed by atoms with E-state index < -0.39 is 5.97 Å². The van der Waals surface area contributed by atoms with Gasteiger partial charge >= 0.3 is 5.97 Å². The van der Waals surface area contributed by atoms with E-state index in [1.807, 2.05) is 0 Å². The third-order valence-electron chi connectivity index (χ3n) is 1.20. The maximum Gasteiger partial charge on any atom is 0.339 e. The van der Waals surface area contributed by atoms with Crippen LogP contribution < -0.4 is 5.73 Å². The lowest BCUT2D eigenvalue weighted by atomic mass is 10.2. The highest BCUT2D eigenvalue weighted by molar-refractivity contribution is 5.94. The second kappa shape index (κ2) is 2.45. The number of aromatic carboxylic acids is 1. The molecule has 1 aromatic heterocycles. The van der Waals surface area contributed by atoms with Crippen LogP contribution in [0.25, 0.3) is 0 Å². The maximum atomic E-state index is 10.3. The molecule has 5 nitrogen and oxygen atoms in total. The molecule has 0 unspecified atom stereocenters. The molecule has 0 saturated carbocycles. The van der Waals surface area contributed by atoms with Crippen molar-refractivity contribution < 1.29 is 15.0 Å². The topological polar surface area (TPSA) is 96.4 Å². The number of carboxylic acids is 1. The van der Waals surface area contributed by atoms with E-state index in [0.717, 1.165) is 12.4 Å². The minimum absolute atomic E-state index is 0.160. The molecule has 1 aromatic rings. The highest BCUT2D eigenvalue weighted by Crippen LogP contribution is 2.21. The lowest BCUT2D eigenvalue weighted by Gasteiger charge is -1.99. The molecule has 1 heterocycles. The van der Waals surface area contributed by atoms with Gasteiger partial charge in [-0.2, -0.15) is 0 Å².